The fourth-order valence-electron chi connectivity index (χ4n) is 1.93. The highest BCUT2D eigenvalue weighted by Gasteiger charge is 2.23. The van der Waals surface area contributed by atoms with Crippen LogP contribution in [0.1, 0.15) is 28.9 Å². The first-order valence-corrected chi connectivity index (χ1v) is 7.03. The van der Waals surface area contributed by atoms with Gasteiger partial charge in [-0.3, -0.25) is 9.78 Å². The second kappa shape index (κ2) is 6.33. The molecule has 0 saturated heterocycles. The summed E-state index contributed by atoms with van der Waals surface area (Å²) in [6.07, 6.45) is 3.37. The van der Waals surface area contributed by atoms with Crippen LogP contribution in [0.5, 0.6) is 5.75 Å². The first kappa shape index (κ1) is 15.6. The first-order valence-electron chi connectivity index (χ1n) is 6.27. The number of carbonyl (C=O) groups is 1. The van der Waals surface area contributed by atoms with E-state index in [2.05, 4.69) is 4.98 Å². The number of benzene rings is 1. The van der Waals surface area contributed by atoms with Gasteiger partial charge in [0.1, 0.15) is 10.8 Å². The number of phenols is 1. The zero-order chi connectivity index (χ0) is 15.6. The Morgan fingerprint density at radius 2 is 2.05 bits per heavy atom. The number of nitrogens with zero attached hydrogens (tertiary/aromatic N) is 2. The molecule has 0 saturated carbocycles. The van der Waals surface area contributed by atoms with E-state index in [1.54, 1.807) is 25.5 Å². The fourth-order valence-corrected chi connectivity index (χ4v) is 2.24. The van der Waals surface area contributed by atoms with Crippen LogP contribution in [0, 0.1) is 0 Å². The van der Waals surface area contributed by atoms with Crippen LogP contribution in [0.2, 0.25) is 10.0 Å². The Bertz CT molecular complexity index is 662. The molecule has 1 atom stereocenters. The molecule has 0 radical (unpaired) electrons. The van der Waals surface area contributed by atoms with Gasteiger partial charge in [-0.15, -0.1) is 0 Å². The van der Waals surface area contributed by atoms with Crippen LogP contribution in [0.4, 0.5) is 0 Å². The van der Waals surface area contributed by atoms with Crippen LogP contribution in [-0.2, 0) is 0 Å². The molecule has 0 aliphatic heterocycles. The normalized spacial score (nSPS) is 12.0. The summed E-state index contributed by atoms with van der Waals surface area (Å²) in [6.45, 7) is 1.88. The van der Waals surface area contributed by atoms with Crippen molar-refractivity contribution in [1.29, 1.82) is 0 Å². The molecule has 1 amide bonds. The Labute approximate surface area is 132 Å². The van der Waals surface area contributed by atoms with Gasteiger partial charge in [-0.2, -0.15) is 0 Å². The lowest BCUT2D eigenvalue weighted by atomic mass is 10.1. The van der Waals surface area contributed by atoms with E-state index in [0.29, 0.717) is 0 Å². The molecule has 0 aliphatic carbocycles. The molecule has 2 aromatic rings. The zero-order valence-electron chi connectivity index (χ0n) is 11.5. The molecule has 1 aromatic heterocycles. The lowest BCUT2D eigenvalue weighted by molar-refractivity contribution is 0.0739. The monoisotopic (exact) mass is 324 g/mol. The third kappa shape index (κ3) is 3.12. The second-order valence-corrected chi connectivity index (χ2v) is 5.42. The number of hydrogen-bond donors (Lipinski definition) is 1. The minimum absolute atomic E-state index is 0.0232. The van der Waals surface area contributed by atoms with Gasteiger partial charge >= 0.3 is 0 Å². The molecule has 1 aromatic carbocycles. The molecule has 110 valence electrons. The molecule has 4 nitrogen and oxygen atoms in total. The summed E-state index contributed by atoms with van der Waals surface area (Å²) in [5, 5.41) is 10.2. The van der Waals surface area contributed by atoms with Gasteiger partial charge in [0.05, 0.1) is 16.6 Å². The summed E-state index contributed by atoms with van der Waals surface area (Å²) in [6, 6.07) is 6.44. The van der Waals surface area contributed by atoms with Gasteiger partial charge < -0.3 is 10.0 Å². The van der Waals surface area contributed by atoms with Crippen molar-refractivity contribution in [3.05, 3.63) is 57.8 Å². The summed E-state index contributed by atoms with van der Waals surface area (Å²) in [7, 11) is 1.65. The molecule has 0 bridgehead atoms. The third-order valence-electron chi connectivity index (χ3n) is 3.37. The van der Waals surface area contributed by atoms with Crippen molar-refractivity contribution in [2.75, 3.05) is 7.05 Å². The number of phenolic OH excluding ortho intramolecular Hbond substituents is 1. The van der Waals surface area contributed by atoms with E-state index >= 15 is 0 Å². The average Bonchev–Trinajstić information content (AvgIpc) is 2.51. The van der Waals surface area contributed by atoms with Crippen molar-refractivity contribution in [3.8, 4) is 5.75 Å². The van der Waals surface area contributed by atoms with Crippen molar-refractivity contribution in [1.82, 2.24) is 9.88 Å². The summed E-state index contributed by atoms with van der Waals surface area (Å²) in [5.41, 5.74) is 1.01. The Kier molecular flexibility index (Phi) is 4.70. The third-order valence-corrected chi connectivity index (χ3v) is 4.16. The van der Waals surface area contributed by atoms with E-state index in [-0.39, 0.29) is 33.3 Å². The Balaban J connectivity index is 2.30. The maximum atomic E-state index is 12.5. The largest absolute Gasteiger partial charge is 0.505 e. The smallest absolute Gasteiger partial charge is 0.257 e. The molecule has 21 heavy (non-hydrogen) atoms. The summed E-state index contributed by atoms with van der Waals surface area (Å²) in [5.74, 6) is -0.651. The van der Waals surface area contributed by atoms with E-state index < -0.39 is 0 Å². The van der Waals surface area contributed by atoms with E-state index in [1.165, 1.54) is 17.0 Å². The maximum absolute atomic E-state index is 12.5. The number of carbonyl (C=O) groups excluding carboxylic acids is 1. The van der Waals surface area contributed by atoms with Gasteiger partial charge in [-0.05, 0) is 30.7 Å². The predicted octanol–water partition coefficient (Wildman–Crippen LogP) is 3.93. The number of hydrogen-bond acceptors (Lipinski definition) is 3. The van der Waals surface area contributed by atoms with E-state index in [0.717, 1.165) is 5.56 Å². The van der Waals surface area contributed by atoms with Crippen LogP contribution in [0.3, 0.4) is 0 Å². The molecule has 2 rings (SSSR count). The molecule has 0 spiro atoms. The van der Waals surface area contributed by atoms with Crippen LogP contribution < -0.4 is 0 Å². The topological polar surface area (TPSA) is 53.4 Å². The number of rotatable bonds is 3. The fraction of sp³-hybridized carbons (Fsp3) is 0.200. The predicted molar refractivity (Wildman–Crippen MR) is 82.9 cm³/mol. The van der Waals surface area contributed by atoms with E-state index in [1.807, 2.05) is 13.0 Å². The summed E-state index contributed by atoms with van der Waals surface area (Å²) >= 11 is 11.7. The number of halogens is 2. The van der Waals surface area contributed by atoms with Crippen LogP contribution in [0.15, 0.2) is 36.7 Å². The Hall–Kier alpha value is -1.78. The molecule has 6 heteroatoms. The maximum Gasteiger partial charge on any atom is 0.257 e. The van der Waals surface area contributed by atoms with Gasteiger partial charge in [0.2, 0.25) is 0 Å². The SMILES string of the molecule is C[C@@H](c1cccnc1)N(C)C(=O)c1ccc(Cl)c(Cl)c1O. The van der Waals surface area contributed by atoms with E-state index in [9.17, 15) is 9.90 Å². The summed E-state index contributed by atoms with van der Waals surface area (Å²) in [4.78, 5) is 18.0. The molecule has 1 heterocycles. The second-order valence-electron chi connectivity index (χ2n) is 4.64. The van der Waals surface area contributed by atoms with Gasteiger partial charge in [-0.25, -0.2) is 0 Å². The first-order chi connectivity index (χ1) is 9.93. The Morgan fingerprint density at radius 1 is 1.33 bits per heavy atom. The van der Waals surface area contributed by atoms with Gasteiger partial charge in [0.25, 0.3) is 5.91 Å². The number of pyridine rings is 1. The van der Waals surface area contributed by atoms with Crippen LogP contribution in [0.25, 0.3) is 0 Å². The lowest BCUT2D eigenvalue weighted by Gasteiger charge is -2.25. The molecular formula is C15H14Cl2N2O2. The number of amides is 1. The van der Waals surface area contributed by atoms with E-state index in [4.69, 9.17) is 23.2 Å². The van der Waals surface area contributed by atoms with Gasteiger partial charge in [-0.1, -0.05) is 29.3 Å². The van der Waals surface area contributed by atoms with Crippen molar-refractivity contribution < 1.29 is 9.90 Å². The van der Waals surface area contributed by atoms with Crippen LogP contribution >= 0.6 is 23.2 Å². The highest BCUT2D eigenvalue weighted by molar-refractivity contribution is 6.43. The number of aromatic hydroxyl groups is 1. The molecule has 1 N–H and O–H groups in total. The van der Waals surface area contributed by atoms with Crippen molar-refractivity contribution in [2.24, 2.45) is 0 Å². The lowest BCUT2D eigenvalue weighted by Crippen LogP contribution is -2.29. The minimum Gasteiger partial charge on any atom is -0.505 e. The van der Waals surface area contributed by atoms with Gasteiger partial charge in [0.15, 0.2) is 0 Å². The van der Waals surface area contributed by atoms with Crippen molar-refractivity contribution >= 4 is 29.1 Å². The summed E-state index contributed by atoms with van der Waals surface area (Å²) < 4.78 is 0. The van der Waals surface area contributed by atoms with Crippen molar-refractivity contribution in [3.63, 3.8) is 0 Å². The molecule has 0 unspecified atom stereocenters. The standard InChI is InChI=1S/C15H14Cl2N2O2/c1-9(10-4-3-7-18-8-10)19(2)15(21)11-5-6-12(16)13(17)14(11)20/h3-9,20H,1-2H3/t9-/m0/s1. The number of aromatic nitrogens is 1. The van der Waals surface area contributed by atoms with Gasteiger partial charge in [0, 0.05) is 19.4 Å². The van der Waals surface area contributed by atoms with Crippen molar-refractivity contribution in [2.45, 2.75) is 13.0 Å². The zero-order valence-corrected chi connectivity index (χ0v) is 13.1. The molecular weight excluding hydrogens is 311 g/mol. The minimum atomic E-state index is -0.345. The van der Waals surface area contributed by atoms with Crippen LogP contribution in [-0.4, -0.2) is 27.9 Å². The Morgan fingerprint density at radius 3 is 2.67 bits per heavy atom. The molecule has 0 fully saturated rings. The molecule has 0 aliphatic rings. The average molecular weight is 325 g/mol. The highest BCUT2D eigenvalue weighted by Crippen LogP contribution is 2.35. The quantitative estimate of drug-likeness (QED) is 0.930. The highest BCUT2D eigenvalue weighted by atomic mass is 35.5.